The number of hydrogen-bond donors (Lipinski definition) is 0. The van der Waals surface area contributed by atoms with E-state index in [1.165, 1.54) is 6.08 Å². The summed E-state index contributed by atoms with van der Waals surface area (Å²) in [5.41, 5.74) is 1.10. The third kappa shape index (κ3) is 1.76. The monoisotopic (exact) mass is 190 g/mol. The van der Waals surface area contributed by atoms with Crippen LogP contribution in [0.2, 0.25) is 0 Å². The molecule has 0 saturated heterocycles. The molecule has 0 aliphatic carbocycles. The highest BCUT2D eigenvalue weighted by atomic mass is 16.7. The number of hydrogen-bond acceptors (Lipinski definition) is 3. The molecule has 0 spiro atoms. The van der Waals surface area contributed by atoms with Gasteiger partial charge in [0.2, 0.25) is 6.79 Å². The molecule has 0 bridgehead atoms. The molecule has 0 radical (unpaired) electrons. The van der Waals surface area contributed by atoms with Crippen LogP contribution in [-0.2, 0) is 11.2 Å². The minimum atomic E-state index is 0.295. The summed E-state index contributed by atoms with van der Waals surface area (Å²) >= 11 is 0. The Hall–Kier alpha value is -1.77. The fourth-order valence-electron chi connectivity index (χ4n) is 1.33. The van der Waals surface area contributed by atoms with E-state index in [1.54, 1.807) is 0 Å². The van der Waals surface area contributed by atoms with E-state index in [4.69, 9.17) is 9.47 Å². The van der Waals surface area contributed by atoms with Gasteiger partial charge in [0.15, 0.2) is 11.5 Å². The first-order chi connectivity index (χ1) is 6.90. The van der Waals surface area contributed by atoms with Crippen molar-refractivity contribution in [2.45, 2.75) is 6.42 Å². The van der Waals surface area contributed by atoms with Gasteiger partial charge in [-0.05, 0) is 30.2 Å². The SMILES string of the molecule is O=C/C=C/Cc1ccc2c(c1)OCO2. The predicted molar refractivity (Wildman–Crippen MR) is 51.5 cm³/mol. The second-order valence-corrected chi connectivity index (χ2v) is 2.96. The van der Waals surface area contributed by atoms with Gasteiger partial charge in [-0.3, -0.25) is 4.79 Å². The molecule has 2 rings (SSSR count). The number of ether oxygens (including phenoxy) is 2. The van der Waals surface area contributed by atoms with Gasteiger partial charge in [0.25, 0.3) is 0 Å². The van der Waals surface area contributed by atoms with E-state index in [2.05, 4.69) is 0 Å². The Bertz CT molecular complexity index is 369. The van der Waals surface area contributed by atoms with E-state index in [-0.39, 0.29) is 0 Å². The molecule has 1 aliphatic rings. The van der Waals surface area contributed by atoms with Crippen molar-refractivity contribution in [1.29, 1.82) is 0 Å². The van der Waals surface area contributed by atoms with Crippen LogP contribution in [0.3, 0.4) is 0 Å². The van der Waals surface area contributed by atoms with Gasteiger partial charge < -0.3 is 9.47 Å². The van der Waals surface area contributed by atoms with Crippen molar-refractivity contribution in [1.82, 2.24) is 0 Å². The molecule has 3 heteroatoms. The zero-order chi connectivity index (χ0) is 9.80. The maximum Gasteiger partial charge on any atom is 0.231 e. The highest BCUT2D eigenvalue weighted by Crippen LogP contribution is 2.32. The van der Waals surface area contributed by atoms with Crippen molar-refractivity contribution >= 4 is 6.29 Å². The number of rotatable bonds is 3. The number of benzene rings is 1. The number of aldehydes is 1. The van der Waals surface area contributed by atoms with Crippen molar-refractivity contribution in [3.05, 3.63) is 35.9 Å². The zero-order valence-corrected chi connectivity index (χ0v) is 7.60. The summed E-state index contributed by atoms with van der Waals surface area (Å²) in [7, 11) is 0. The molecule has 0 unspecified atom stereocenters. The van der Waals surface area contributed by atoms with Crippen molar-refractivity contribution in [2.24, 2.45) is 0 Å². The van der Waals surface area contributed by atoms with Gasteiger partial charge in [0, 0.05) is 0 Å². The van der Waals surface area contributed by atoms with Crippen LogP contribution in [-0.4, -0.2) is 13.1 Å². The Morgan fingerprint density at radius 2 is 2.14 bits per heavy atom. The summed E-state index contributed by atoms with van der Waals surface area (Å²) in [6, 6.07) is 5.77. The van der Waals surface area contributed by atoms with Crippen LogP contribution in [0.15, 0.2) is 30.4 Å². The van der Waals surface area contributed by atoms with Crippen LogP contribution in [0.5, 0.6) is 11.5 Å². The quantitative estimate of drug-likeness (QED) is 0.537. The maximum absolute atomic E-state index is 10.1. The highest BCUT2D eigenvalue weighted by Gasteiger charge is 2.12. The lowest BCUT2D eigenvalue weighted by molar-refractivity contribution is -0.104. The Morgan fingerprint density at radius 3 is 3.00 bits per heavy atom. The molecule has 3 nitrogen and oxygen atoms in total. The Balaban J connectivity index is 2.12. The molecule has 1 heterocycles. The van der Waals surface area contributed by atoms with Crippen LogP contribution in [0.1, 0.15) is 5.56 Å². The first-order valence-corrected chi connectivity index (χ1v) is 4.39. The van der Waals surface area contributed by atoms with E-state index in [1.807, 2.05) is 24.3 Å². The van der Waals surface area contributed by atoms with Gasteiger partial charge in [-0.15, -0.1) is 0 Å². The summed E-state index contributed by atoms with van der Waals surface area (Å²) in [4.78, 5) is 10.1. The molecule has 72 valence electrons. The van der Waals surface area contributed by atoms with Crippen LogP contribution in [0.4, 0.5) is 0 Å². The van der Waals surface area contributed by atoms with E-state index < -0.39 is 0 Å². The topological polar surface area (TPSA) is 35.5 Å². The van der Waals surface area contributed by atoms with Crippen molar-refractivity contribution in [3.8, 4) is 11.5 Å². The lowest BCUT2D eigenvalue weighted by atomic mass is 10.1. The van der Waals surface area contributed by atoms with Gasteiger partial charge >= 0.3 is 0 Å². The van der Waals surface area contributed by atoms with Crippen molar-refractivity contribution in [2.75, 3.05) is 6.79 Å². The van der Waals surface area contributed by atoms with E-state index in [9.17, 15) is 4.79 Å². The molecule has 14 heavy (non-hydrogen) atoms. The van der Waals surface area contributed by atoms with E-state index in [0.717, 1.165) is 29.8 Å². The third-order valence-corrected chi connectivity index (χ3v) is 2.01. The number of fused-ring (bicyclic) bond motifs is 1. The number of allylic oxidation sites excluding steroid dienone is 2. The number of carbonyl (C=O) groups excluding carboxylic acids is 1. The second-order valence-electron chi connectivity index (χ2n) is 2.96. The predicted octanol–water partition coefficient (Wildman–Crippen LogP) is 1.71. The maximum atomic E-state index is 10.1. The second kappa shape index (κ2) is 3.96. The summed E-state index contributed by atoms with van der Waals surface area (Å²) in [6.07, 6.45) is 4.80. The van der Waals surface area contributed by atoms with Gasteiger partial charge in [-0.2, -0.15) is 0 Å². The summed E-state index contributed by atoms with van der Waals surface area (Å²) in [6.45, 7) is 0.295. The normalized spacial score (nSPS) is 13.4. The van der Waals surface area contributed by atoms with Gasteiger partial charge in [0.05, 0.1) is 0 Å². The van der Waals surface area contributed by atoms with Crippen molar-refractivity contribution in [3.63, 3.8) is 0 Å². The Kier molecular flexibility index (Phi) is 2.49. The first kappa shape index (κ1) is 8.81. The van der Waals surface area contributed by atoms with Gasteiger partial charge in [0.1, 0.15) is 6.29 Å². The summed E-state index contributed by atoms with van der Waals surface area (Å²) < 4.78 is 10.4. The summed E-state index contributed by atoms with van der Waals surface area (Å²) in [5.74, 6) is 1.56. The molecule has 0 saturated carbocycles. The molecule has 1 aromatic carbocycles. The Morgan fingerprint density at radius 1 is 1.29 bits per heavy atom. The van der Waals surface area contributed by atoms with Gasteiger partial charge in [-0.1, -0.05) is 12.1 Å². The van der Waals surface area contributed by atoms with E-state index >= 15 is 0 Å². The van der Waals surface area contributed by atoms with Crippen LogP contribution < -0.4 is 9.47 Å². The smallest absolute Gasteiger partial charge is 0.231 e. The molecule has 0 amide bonds. The van der Waals surface area contributed by atoms with Crippen LogP contribution in [0, 0.1) is 0 Å². The number of carbonyl (C=O) groups is 1. The van der Waals surface area contributed by atoms with E-state index in [0.29, 0.717) is 6.79 Å². The molecule has 0 fully saturated rings. The standard InChI is InChI=1S/C11H10O3/c12-6-2-1-3-9-4-5-10-11(7-9)14-8-13-10/h1-2,4-7H,3,8H2/b2-1+. The highest BCUT2D eigenvalue weighted by molar-refractivity contribution is 5.64. The van der Waals surface area contributed by atoms with Gasteiger partial charge in [-0.25, -0.2) is 0 Å². The zero-order valence-electron chi connectivity index (χ0n) is 7.60. The van der Waals surface area contributed by atoms with Crippen LogP contribution >= 0.6 is 0 Å². The first-order valence-electron chi connectivity index (χ1n) is 4.39. The minimum Gasteiger partial charge on any atom is -0.454 e. The fraction of sp³-hybridized carbons (Fsp3) is 0.182. The largest absolute Gasteiger partial charge is 0.454 e. The molecule has 0 atom stereocenters. The molecular weight excluding hydrogens is 180 g/mol. The van der Waals surface area contributed by atoms with Crippen molar-refractivity contribution < 1.29 is 14.3 Å². The average Bonchev–Trinajstić information content (AvgIpc) is 2.65. The third-order valence-electron chi connectivity index (χ3n) is 2.01. The lowest BCUT2D eigenvalue weighted by Gasteiger charge is -1.98. The van der Waals surface area contributed by atoms with Crippen LogP contribution in [0.25, 0.3) is 0 Å². The molecule has 0 aromatic heterocycles. The Labute approximate surface area is 81.9 Å². The minimum absolute atomic E-state index is 0.295. The average molecular weight is 190 g/mol. The molecule has 1 aromatic rings. The molecule has 1 aliphatic heterocycles. The fourth-order valence-corrected chi connectivity index (χ4v) is 1.33. The molecule has 0 N–H and O–H groups in total. The molecular formula is C11H10O3. The lowest BCUT2D eigenvalue weighted by Crippen LogP contribution is -1.92. The summed E-state index contributed by atoms with van der Waals surface area (Å²) in [5, 5.41) is 0.